The Labute approximate surface area is 201 Å². The fourth-order valence-corrected chi connectivity index (χ4v) is 5.25. The summed E-state index contributed by atoms with van der Waals surface area (Å²) < 4.78 is 1.49. The summed E-state index contributed by atoms with van der Waals surface area (Å²) in [7, 11) is 0. The van der Waals surface area contributed by atoms with E-state index in [1.165, 1.54) is 35.9 Å². The van der Waals surface area contributed by atoms with Crippen molar-refractivity contribution in [2.24, 2.45) is 11.8 Å². The molecule has 3 aromatic rings. The first-order valence-corrected chi connectivity index (χ1v) is 12.6. The monoisotopic (exact) mass is 455 g/mol. The Bertz CT molecular complexity index is 1200. The van der Waals surface area contributed by atoms with E-state index in [1.54, 1.807) is 12.1 Å². The topological polar surface area (TPSA) is 64.0 Å². The van der Waals surface area contributed by atoms with E-state index >= 15 is 0 Å². The second-order valence-corrected chi connectivity index (χ2v) is 10.1. The van der Waals surface area contributed by atoms with E-state index < -0.39 is 0 Å². The maximum absolute atomic E-state index is 13.5. The van der Waals surface area contributed by atoms with Gasteiger partial charge in [0.05, 0.1) is 18.2 Å². The number of nitrogens with zero attached hydrogens (tertiary/aromatic N) is 2. The Kier molecular flexibility index (Phi) is 6.61. The average molecular weight is 456 g/mol. The van der Waals surface area contributed by atoms with Gasteiger partial charge in [-0.25, -0.2) is 4.68 Å². The van der Waals surface area contributed by atoms with E-state index in [-0.39, 0.29) is 17.4 Å². The van der Waals surface area contributed by atoms with Crippen LogP contribution in [0.5, 0.6) is 0 Å². The number of benzene rings is 2. The van der Waals surface area contributed by atoms with Crippen LogP contribution in [0.3, 0.4) is 0 Å². The van der Waals surface area contributed by atoms with Crippen molar-refractivity contribution in [3.05, 3.63) is 93.4 Å². The highest BCUT2D eigenvalue weighted by molar-refractivity contribution is 5.96. The van der Waals surface area contributed by atoms with Gasteiger partial charge in [0.1, 0.15) is 0 Å². The first kappa shape index (κ1) is 22.6. The van der Waals surface area contributed by atoms with Gasteiger partial charge in [-0.15, -0.1) is 0 Å². The first-order chi connectivity index (χ1) is 16.5. The molecule has 0 aliphatic heterocycles. The summed E-state index contributed by atoms with van der Waals surface area (Å²) in [5.74, 6) is 1.10. The van der Waals surface area contributed by atoms with Gasteiger partial charge in [-0.2, -0.15) is 5.10 Å². The number of nitrogens with one attached hydrogen (secondary N) is 1. The molecule has 2 aliphatic carbocycles. The van der Waals surface area contributed by atoms with E-state index in [0.29, 0.717) is 12.5 Å². The van der Waals surface area contributed by atoms with Crippen LogP contribution >= 0.6 is 0 Å². The molecule has 0 radical (unpaired) electrons. The summed E-state index contributed by atoms with van der Waals surface area (Å²) >= 11 is 0. The van der Waals surface area contributed by atoms with Crippen LogP contribution in [0.2, 0.25) is 0 Å². The number of amides is 1. The molecule has 1 atom stereocenters. The smallest absolute Gasteiger partial charge is 0.267 e. The normalized spacial score (nSPS) is 17.0. The van der Waals surface area contributed by atoms with Crippen molar-refractivity contribution in [2.45, 2.75) is 64.3 Å². The van der Waals surface area contributed by atoms with Crippen molar-refractivity contribution in [3.8, 4) is 0 Å². The molecule has 34 heavy (non-hydrogen) atoms. The van der Waals surface area contributed by atoms with Crippen LogP contribution in [0.1, 0.15) is 66.8 Å². The Morgan fingerprint density at radius 1 is 1.00 bits per heavy atom. The lowest BCUT2D eigenvalue weighted by Crippen LogP contribution is -2.26. The third-order valence-corrected chi connectivity index (χ3v) is 7.24. The molecule has 2 saturated carbocycles. The minimum absolute atomic E-state index is 0.0831. The van der Waals surface area contributed by atoms with Crippen LogP contribution in [-0.2, 0) is 17.8 Å². The van der Waals surface area contributed by atoms with Crippen LogP contribution in [0.15, 0.2) is 65.5 Å². The molecule has 1 amide bonds. The van der Waals surface area contributed by atoms with Gasteiger partial charge in [0, 0.05) is 11.8 Å². The Morgan fingerprint density at radius 2 is 1.76 bits per heavy atom. The minimum atomic E-state index is -0.163. The number of carbonyl (C=O) groups excluding carboxylic acids is 1. The molecular formula is C29H33N3O2. The number of rotatable bonds is 8. The zero-order chi connectivity index (χ0) is 23.5. The number of anilines is 1. The standard InChI is InChI=1S/C29H33N3O2/c1-20-9-16-27(33)32(31-20)19-22-12-14-25(15-13-22)28(24-6-2-3-7-24)29(34)30-26-8-4-5-23(18-26)17-21-10-11-21/h4-5,8-9,12-16,18,21,24,28H,2-3,6-7,10-11,17,19H2,1H3,(H,30,34). The maximum Gasteiger partial charge on any atom is 0.267 e. The van der Waals surface area contributed by atoms with E-state index in [2.05, 4.69) is 34.7 Å². The molecule has 1 N–H and O–H groups in total. The molecule has 176 valence electrons. The van der Waals surface area contributed by atoms with Crippen molar-refractivity contribution >= 4 is 11.6 Å². The number of aryl methyl sites for hydroxylation is 1. The zero-order valence-corrected chi connectivity index (χ0v) is 19.9. The molecule has 2 fully saturated rings. The fourth-order valence-electron chi connectivity index (χ4n) is 5.25. The summed E-state index contributed by atoms with van der Waals surface area (Å²) in [6.07, 6.45) is 8.30. The van der Waals surface area contributed by atoms with Crippen LogP contribution in [0.25, 0.3) is 0 Å². The van der Waals surface area contributed by atoms with E-state index in [0.717, 1.165) is 47.7 Å². The van der Waals surface area contributed by atoms with Crippen LogP contribution < -0.4 is 10.9 Å². The van der Waals surface area contributed by atoms with Gasteiger partial charge < -0.3 is 5.32 Å². The first-order valence-electron chi connectivity index (χ1n) is 12.6. The summed E-state index contributed by atoms with van der Waals surface area (Å²) in [5, 5.41) is 7.56. The predicted octanol–water partition coefficient (Wildman–Crippen LogP) is 5.47. The summed E-state index contributed by atoms with van der Waals surface area (Å²) in [6.45, 7) is 2.31. The van der Waals surface area contributed by atoms with Gasteiger partial charge in [0.2, 0.25) is 5.91 Å². The van der Waals surface area contributed by atoms with Gasteiger partial charge in [-0.05, 0) is 85.8 Å². The van der Waals surface area contributed by atoms with Gasteiger partial charge in [0.15, 0.2) is 0 Å². The lowest BCUT2D eigenvalue weighted by molar-refractivity contribution is -0.118. The van der Waals surface area contributed by atoms with Crippen molar-refractivity contribution in [1.29, 1.82) is 0 Å². The molecule has 5 nitrogen and oxygen atoms in total. The minimum Gasteiger partial charge on any atom is -0.326 e. The Morgan fingerprint density at radius 3 is 2.50 bits per heavy atom. The van der Waals surface area contributed by atoms with Crippen molar-refractivity contribution in [3.63, 3.8) is 0 Å². The van der Waals surface area contributed by atoms with E-state index in [1.807, 2.05) is 31.2 Å². The molecule has 0 saturated heterocycles. The van der Waals surface area contributed by atoms with Gasteiger partial charge >= 0.3 is 0 Å². The molecule has 0 bridgehead atoms. The third kappa shape index (κ3) is 5.46. The molecule has 5 heteroatoms. The SMILES string of the molecule is Cc1ccc(=O)n(Cc2ccc(C(C(=O)Nc3cccc(CC4CC4)c3)C3CCCC3)cc2)n1. The zero-order valence-electron chi connectivity index (χ0n) is 19.9. The average Bonchev–Trinajstić information content (AvgIpc) is 3.48. The van der Waals surface area contributed by atoms with Gasteiger partial charge in [-0.1, -0.05) is 49.2 Å². The molecular weight excluding hydrogens is 422 g/mol. The van der Waals surface area contributed by atoms with Gasteiger partial charge in [0.25, 0.3) is 5.56 Å². The Balaban J connectivity index is 1.34. The van der Waals surface area contributed by atoms with Crippen LogP contribution in [0, 0.1) is 18.8 Å². The Hall–Kier alpha value is -3.21. The number of hydrogen-bond acceptors (Lipinski definition) is 3. The van der Waals surface area contributed by atoms with E-state index in [9.17, 15) is 9.59 Å². The summed E-state index contributed by atoms with van der Waals surface area (Å²) in [5.41, 5.74) is 4.96. The number of hydrogen-bond donors (Lipinski definition) is 1. The quantitative estimate of drug-likeness (QED) is 0.490. The molecule has 1 heterocycles. The van der Waals surface area contributed by atoms with Crippen molar-refractivity contribution in [1.82, 2.24) is 9.78 Å². The lowest BCUT2D eigenvalue weighted by Gasteiger charge is -2.24. The highest BCUT2D eigenvalue weighted by Gasteiger charge is 2.32. The van der Waals surface area contributed by atoms with Crippen LogP contribution in [0.4, 0.5) is 5.69 Å². The third-order valence-electron chi connectivity index (χ3n) is 7.24. The van der Waals surface area contributed by atoms with Gasteiger partial charge in [-0.3, -0.25) is 9.59 Å². The molecule has 0 spiro atoms. The second kappa shape index (κ2) is 9.96. The number of aromatic nitrogens is 2. The highest BCUT2D eigenvalue weighted by Crippen LogP contribution is 2.38. The summed E-state index contributed by atoms with van der Waals surface area (Å²) in [4.78, 5) is 25.7. The largest absolute Gasteiger partial charge is 0.326 e. The molecule has 1 aromatic heterocycles. The summed E-state index contributed by atoms with van der Waals surface area (Å²) in [6, 6.07) is 19.8. The molecule has 1 unspecified atom stereocenters. The molecule has 2 aliphatic rings. The van der Waals surface area contributed by atoms with Crippen LogP contribution in [-0.4, -0.2) is 15.7 Å². The molecule has 2 aromatic carbocycles. The van der Waals surface area contributed by atoms with E-state index in [4.69, 9.17) is 0 Å². The second-order valence-electron chi connectivity index (χ2n) is 10.1. The molecule has 5 rings (SSSR count). The predicted molar refractivity (Wildman–Crippen MR) is 135 cm³/mol. The van der Waals surface area contributed by atoms with Crippen molar-refractivity contribution < 1.29 is 4.79 Å². The number of carbonyl (C=O) groups is 1. The highest BCUT2D eigenvalue weighted by atomic mass is 16.2. The maximum atomic E-state index is 13.5. The fraction of sp³-hybridized carbons (Fsp3) is 0.414. The lowest BCUT2D eigenvalue weighted by atomic mass is 9.83. The van der Waals surface area contributed by atoms with Crippen molar-refractivity contribution in [2.75, 3.05) is 5.32 Å².